The maximum Gasteiger partial charge on any atom is 0.356 e. The van der Waals surface area contributed by atoms with E-state index in [4.69, 9.17) is 0 Å². The van der Waals surface area contributed by atoms with Crippen LogP contribution in [-0.4, -0.2) is 24.0 Å². The standard InChI is InChI=1S/C17H15BrN2O3/c1-23-16(22)14-6-5-11(10-19-14)15(21)20-17(7-8-17)12-3-2-4-13(18)9-12/h2-6,9-10H,7-8H2,1H3,(H,20,21). The first-order chi connectivity index (χ1) is 11.0. The van der Waals surface area contributed by atoms with Crippen LogP contribution in [0, 0.1) is 0 Å². The van der Waals surface area contributed by atoms with E-state index in [0.29, 0.717) is 5.56 Å². The van der Waals surface area contributed by atoms with Crippen LogP contribution in [-0.2, 0) is 10.3 Å². The van der Waals surface area contributed by atoms with E-state index in [9.17, 15) is 9.59 Å². The summed E-state index contributed by atoms with van der Waals surface area (Å²) in [7, 11) is 1.29. The Hall–Kier alpha value is -2.21. The molecule has 1 saturated carbocycles. The molecule has 1 aromatic carbocycles. The Morgan fingerprint density at radius 1 is 1.26 bits per heavy atom. The highest BCUT2D eigenvalue weighted by atomic mass is 79.9. The third kappa shape index (κ3) is 3.27. The number of amides is 1. The number of halogens is 1. The molecule has 0 saturated heterocycles. The molecule has 1 aromatic heterocycles. The summed E-state index contributed by atoms with van der Waals surface area (Å²) in [5.74, 6) is -0.726. The Kier molecular flexibility index (Phi) is 4.17. The highest BCUT2D eigenvalue weighted by Crippen LogP contribution is 2.46. The lowest BCUT2D eigenvalue weighted by atomic mass is 10.0. The summed E-state index contributed by atoms with van der Waals surface area (Å²) in [6.45, 7) is 0. The van der Waals surface area contributed by atoms with Crippen molar-refractivity contribution in [2.24, 2.45) is 0 Å². The largest absolute Gasteiger partial charge is 0.464 e. The van der Waals surface area contributed by atoms with E-state index in [1.54, 1.807) is 6.07 Å². The monoisotopic (exact) mass is 374 g/mol. The molecular weight excluding hydrogens is 360 g/mol. The number of carbonyl (C=O) groups excluding carboxylic acids is 2. The van der Waals surface area contributed by atoms with Crippen LogP contribution in [0.4, 0.5) is 0 Å². The number of hydrogen-bond donors (Lipinski definition) is 1. The fourth-order valence-electron chi connectivity index (χ4n) is 2.44. The van der Waals surface area contributed by atoms with Gasteiger partial charge in [-0.15, -0.1) is 0 Å². The summed E-state index contributed by atoms with van der Waals surface area (Å²) >= 11 is 3.46. The molecule has 3 rings (SSSR count). The lowest BCUT2D eigenvalue weighted by Crippen LogP contribution is -2.35. The van der Waals surface area contributed by atoms with Crippen LogP contribution in [0.2, 0.25) is 0 Å². The smallest absolute Gasteiger partial charge is 0.356 e. The zero-order chi connectivity index (χ0) is 16.4. The molecule has 5 nitrogen and oxygen atoms in total. The number of benzene rings is 1. The number of nitrogens with zero attached hydrogens (tertiary/aromatic N) is 1. The molecule has 1 amide bonds. The van der Waals surface area contributed by atoms with Crippen molar-refractivity contribution in [1.82, 2.24) is 10.3 Å². The maximum atomic E-state index is 12.4. The molecule has 0 unspecified atom stereocenters. The molecule has 2 aromatic rings. The van der Waals surface area contributed by atoms with Gasteiger partial charge in [-0.3, -0.25) is 4.79 Å². The molecule has 0 spiro atoms. The molecule has 1 fully saturated rings. The van der Waals surface area contributed by atoms with Crippen molar-refractivity contribution in [2.45, 2.75) is 18.4 Å². The van der Waals surface area contributed by atoms with Crippen molar-refractivity contribution in [2.75, 3.05) is 7.11 Å². The molecule has 0 atom stereocenters. The first-order valence-corrected chi connectivity index (χ1v) is 7.96. The fourth-order valence-corrected chi connectivity index (χ4v) is 2.84. The second-order valence-corrected chi connectivity index (χ2v) is 6.39. The van der Waals surface area contributed by atoms with Crippen molar-refractivity contribution in [3.63, 3.8) is 0 Å². The molecule has 1 heterocycles. The Morgan fingerprint density at radius 3 is 2.61 bits per heavy atom. The van der Waals surface area contributed by atoms with Gasteiger partial charge in [-0.1, -0.05) is 28.1 Å². The van der Waals surface area contributed by atoms with E-state index in [1.165, 1.54) is 19.4 Å². The number of aromatic nitrogens is 1. The number of rotatable bonds is 4. The molecule has 1 N–H and O–H groups in total. The number of ether oxygens (including phenoxy) is 1. The van der Waals surface area contributed by atoms with Gasteiger partial charge in [-0.05, 0) is 42.7 Å². The van der Waals surface area contributed by atoms with Crippen molar-refractivity contribution in [3.05, 3.63) is 63.9 Å². The molecule has 118 valence electrons. The van der Waals surface area contributed by atoms with Crippen molar-refractivity contribution < 1.29 is 14.3 Å². The molecular formula is C17H15BrN2O3. The molecule has 0 radical (unpaired) electrons. The van der Waals surface area contributed by atoms with E-state index in [0.717, 1.165) is 22.9 Å². The second-order valence-electron chi connectivity index (χ2n) is 5.47. The van der Waals surface area contributed by atoms with Gasteiger partial charge in [-0.25, -0.2) is 9.78 Å². The van der Waals surface area contributed by atoms with Crippen LogP contribution in [0.15, 0.2) is 47.1 Å². The van der Waals surface area contributed by atoms with E-state index < -0.39 is 5.97 Å². The highest BCUT2D eigenvalue weighted by molar-refractivity contribution is 9.10. The lowest BCUT2D eigenvalue weighted by Gasteiger charge is -2.18. The number of nitrogens with one attached hydrogen (secondary N) is 1. The van der Waals surface area contributed by atoms with Gasteiger partial charge >= 0.3 is 5.97 Å². The van der Waals surface area contributed by atoms with Gasteiger partial charge in [0.1, 0.15) is 5.69 Å². The van der Waals surface area contributed by atoms with Gasteiger partial charge in [0.25, 0.3) is 5.91 Å². The van der Waals surface area contributed by atoms with Gasteiger partial charge in [0.2, 0.25) is 0 Å². The number of methoxy groups -OCH3 is 1. The van der Waals surface area contributed by atoms with E-state index in [1.807, 2.05) is 24.3 Å². The van der Waals surface area contributed by atoms with Crippen LogP contribution >= 0.6 is 15.9 Å². The Labute approximate surface area is 142 Å². The van der Waals surface area contributed by atoms with Gasteiger partial charge in [0.15, 0.2) is 0 Å². The molecule has 6 heteroatoms. The highest BCUT2D eigenvalue weighted by Gasteiger charge is 2.45. The zero-order valence-electron chi connectivity index (χ0n) is 12.5. The molecule has 0 aliphatic heterocycles. The maximum absolute atomic E-state index is 12.4. The summed E-state index contributed by atoms with van der Waals surface area (Å²) in [5, 5.41) is 3.07. The average Bonchev–Trinajstić information content (AvgIpc) is 3.35. The summed E-state index contributed by atoms with van der Waals surface area (Å²) < 4.78 is 5.58. The average molecular weight is 375 g/mol. The predicted molar refractivity (Wildman–Crippen MR) is 88.1 cm³/mol. The van der Waals surface area contributed by atoms with Gasteiger partial charge in [0.05, 0.1) is 18.2 Å². The minimum Gasteiger partial charge on any atom is -0.464 e. The van der Waals surface area contributed by atoms with Crippen LogP contribution in [0.1, 0.15) is 39.3 Å². The topological polar surface area (TPSA) is 68.3 Å². The van der Waals surface area contributed by atoms with Crippen LogP contribution < -0.4 is 5.32 Å². The summed E-state index contributed by atoms with van der Waals surface area (Å²) in [6.07, 6.45) is 3.20. The molecule has 1 aliphatic carbocycles. The normalized spacial score (nSPS) is 14.9. The Morgan fingerprint density at radius 2 is 2.04 bits per heavy atom. The van der Waals surface area contributed by atoms with Gasteiger partial charge < -0.3 is 10.1 Å². The number of carbonyl (C=O) groups is 2. The minimum atomic E-state index is -0.523. The van der Waals surface area contributed by atoms with Crippen molar-refractivity contribution >= 4 is 27.8 Å². The van der Waals surface area contributed by atoms with Crippen LogP contribution in [0.3, 0.4) is 0 Å². The third-order valence-corrected chi connectivity index (χ3v) is 4.39. The van der Waals surface area contributed by atoms with Crippen molar-refractivity contribution in [1.29, 1.82) is 0 Å². The van der Waals surface area contributed by atoms with Gasteiger partial charge in [-0.2, -0.15) is 0 Å². The first kappa shape index (κ1) is 15.7. The Bertz CT molecular complexity index is 755. The number of esters is 1. The van der Waals surface area contributed by atoms with Crippen LogP contribution in [0.5, 0.6) is 0 Å². The lowest BCUT2D eigenvalue weighted by molar-refractivity contribution is 0.0593. The molecule has 23 heavy (non-hydrogen) atoms. The molecule has 0 bridgehead atoms. The molecule has 1 aliphatic rings. The second kappa shape index (κ2) is 6.12. The summed E-state index contributed by atoms with van der Waals surface area (Å²) in [6, 6.07) is 11.0. The predicted octanol–water partition coefficient (Wildman–Crippen LogP) is 3.05. The quantitative estimate of drug-likeness (QED) is 0.835. The number of pyridine rings is 1. The zero-order valence-corrected chi connectivity index (χ0v) is 14.1. The summed E-state index contributed by atoms with van der Waals surface area (Å²) in [5.41, 5.74) is 1.37. The summed E-state index contributed by atoms with van der Waals surface area (Å²) in [4.78, 5) is 27.8. The number of hydrogen-bond acceptors (Lipinski definition) is 4. The fraction of sp³-hybridized carbons (Fsp3) is 0.235. The Balaban J connectivity index is 1.75. The van der Waals surface area contributed by atoms with E-state index in [2.05, 4.69) is 31.0 Å². The van der Waals surface area contributed by atoms with Gasteiger partial charge in [0, 0.05) is 10.7 Å². The SMILES string of the molecule is COC(=O)c1ccc(C(=O)NC2(c3cccc(Br)c3)CC2)cn1. The minimum absolute atomic E-state index is 0.178. The van der Waals surface area contributed by atoms with Crippen LogP contribution in [0.25, 0.3) is 0 Å². The first-order valence-electron chi connectivity index (χ1n) is 7.17. The van der Waals surface area contributed by atoms with E-state index in [-0.39, 0.29) is 17.1 Å². The van der Waals surface area contributed by atoms with Crippen molar-refractivity contribution in [3.8, 4) is 0 Å². The third-order valence-electron chi connectivity index (χ3n) is 3.90. The van der Waals surface area contributed by atoms with E-state index >= 15 is 0 Å².